The fraction of sp³-hybridized carbons (Fsp3) is 0.417. The van der Waals surface area contributed by atoms with Gasteiger partial charge in [-0.2, -0.15) is 0 Å². The summed E-state index contributed by atoms with van der Waals surface area (Å²) in [5, 5.41) is 5.04. The number of hydrogen-bond donors (Lipinski definition) is 3. The molecule has 0 radical (unpaired) electrons. The van der Waals surface area contributed by atoms with Gasteiger partial charge in [0.15, 0.2) is 0 Å². The van der Waals surface area contributed by atoms with Crippen molar-refractivity contribution in [3.8, 4) is 23.7 Å². The molecule has 0 spiro atoms. The predicted molar refractivity (Wildman–Crippen MR) is 181 cm³/mol. The summed E-state index contributed by atoms with van der Waals surface area (Å²) in [7, 11) is 1.63. The summed E-state index contributed by atoms with van der Waals surface area (Å²) in [5.74, 6) is 10.7. The van der Waals surface area contributed by atoms with Gasteiger partial charge in [0.2, 0.25) is 17.7 Å². The van der Waals surface area contributed by atoms with Crippen LogP contribution in [-0.2, 0) is 42.2 Å². The van der Waals surface area contributed by atoms with E-state index in [9.17, 15) is 24.0 Å². The normalized spacial score (nSPS) is 15.0. The molecule has 3 aromatic rings. The Balaban J connectivity index is 1.26. The molecule has 1 aromatic heterocycles. The zero-order chi connectivity index (χ0) is 35.6. The minimum Gasteiger partial charge on any atom is -0.444 e. The molecular formula is C36H41N5O8. The maximum atomic E-state index is 13.1. The van der Waals surface area contributed by atoms with Crippen LogP contribution in [0.25, 0.3) is 11.0 Å². The van der Waals surface area contributed by atoms with Crippen LogP contribution in [0.3, 0.4) is 0 Å². The fourth-order valence-corrected chi connectivity index (χ4v) is 5.18. The maximum Gasteiger partial charge on any atom is 0.407 e. The van der Waals surface area contributed by atoms with E-state index in [4.69, 9.17) is 19.9 Å². The topological polar surface area (TPSA) is 173 Å². The molecule has 4 N–H and O–H groups in total. The van der Waals surface area contributed by atoms with E-state index in [1.807, 2.05) is 24.3 Å². The number of rotatable bonds is 11. The monoisotopic (exact) mass is 671 g/mol. The Morgan fingerprint density at radius 3 is 2.43 bits per heavy atom. The van der Waals surface area contributed by atoms with Crippen LogP contribution in [0.2, 0.25) is 0 Å². The molecule has 2 atom stereocenters. The number of para-hydroxylation sites is 1. The first-order chi connectivity index (χ1) is 23.3. The Bertz CT molecular complexity index is 1880. The molecule has 1 aliphatic heterocycles. The predicted octanol–water partition coefficient (Wildman–Crippen LogP) is 2.41. The average molecular weight is 672 g/mol. The van der Waals surface area contributed by atoms with Crippen LogP contribution in [0.15, 0.2) is 47.3 Å². The lowest BCUT2D eigenvalue weighted by molar-refractivity contribution is -0.135. The summed E-state index contributed by atoms with van der Waals surface area (Å²) in [6.45, 7) is 6.04. The SMILES string of the molecule is Cn1c(=O)n(C2CCC(=O)NC2=O)c2cccc(C#CCOCC#Cc3ccc(COCC(CCC(N)=O)NC(=O)OC(C)(C)C)cc3)c21. The molecule has 0 aliphatic carbocycles. The Morgan fingerprint density at radius 1 is 1.04 bits per heavy atom. The number of aryl methyl sites for hydroxylation is 1. The zero-order valence-corrected chi connectivity index (χ0v) is 28.1. The number of carbonyl (C=O) groups excluding carboxylic acids is 4. The lowest BCUT2D eigenvalue weighted by Gasteiger charge is -2.23. The third-order valence-electron chi connectivity index (χ3n) is 7.43. The van der Waals surface area contributed by atoms with Gasteiger partial charge in [-0.25, -0.2) is 9.59 Å². The summed E-state index contributed by atoms with van der Waals surface area (Å²) in [6.07, 6.45) is 0.267. The second kappa shape index (κ2) is 16.6. The minimum atomic E-state index is -0.767. The summed E-state index contributed by atoms with van der Waals surface area (Å²) >= 11 is 0. The number of ether oxygens (including phenoxy) is 3. The molecule has 258 valence electrons. The standard InChI is InChI=1S/C36H41N5O8/c1-36(2,3)49-34(45)38-27(16-18-30(37)42)23-48-22-25-14-12-24(13-15-25)8-6-20-47-21-7-10-26-9-5-11-28-32(26)40(4)35(46)41(28)29-17-19-31(43)39-33(29)44/h5,9,11-15,27,29H,16-23H2,1-4H3,(H2,37,42)(H,38,45)(H,39,43,44). The van der Waals surface area contributed by atoms with Crippen LogP contribution in [0, 0.1) is 23.7 Å². The van der Waals surface area contributed by atoms with Gasteiger partial charge in [-0.05, 0) is 63.4 Å². The van der Waals surface area contributed by atoms with Crippen LogP contribution in [-0.4, -0.2) is 64.4 Å². The number of benzene rings is 2. The van der Waals surface area contributed by atoms with E-state index >= 15 is 0 Å². The minimum absolute atomic E-state index is 0.106. The van der Waals surface area contributed by atoms with Gasteiger partial charge < -0.3 is 25.3 Å². The van der Waals surface area contributed by atoms with E-state index in [-0.39, 0.29) is 50.7 Å². The number of aromatic nitrogens is 2. The van der Waals surface area contributed by atoms with Gasteiger partial charge in [-0.1, -0.05) is 41.9 Å². The molecule has 13 nitrogen and oxygen atoms in total. The van der Waals surface area contributed by atoms with Crippen molar-refractivity contribution in [1.29, 1.82) is 0 Å². The first-order valence-electron chi connectivity index (χ1n) is 15.9. The molecule has 0 saturated carbocycles. The highest BCUT2D eigenvalue weighted by Gasteiger charge is 2.31. The van der Waals surface area contributed by atoms with Crippen molar-refractivity contribution in [2.75, 3.05) is 19.8 Å². The quantitative estimate of drug-likeness (QED) is 0.158. The number of fused-ring (bicyclic) bond motifs is 1. The molecular weight excluding hydrogens is 630 g/mol. The highest BCUT2D eigenvalue weighted by atomic mass is 16.6. The fourth-order valence-electron chi connectivity index (χ4n) is 5.18. The van der Waals surface area contributed by atoms with Crippen molar-refractivity contribution in [3.63, 3.8) is 0 Å². The average Bonchev–Trinajstić information content (AvgIpc) is 3.28. The lowest BCUT2D eigenvalue weighted by Crippen LogP contribution is -2.44. The number of nitrogens with zero attached hydrogens (tertiary/aromatic N) is 2. The smallest absolute Gasteiger partial charge is 0.407 e. The lowest BCUT2D eigenvalue weighted by atomic mass is 10.1. The van der Waals surface area contributed by atoms with Crippen LogP contribution >= 0.6 is 0 Å². The number of hydrogen-bond acceptors (Lipinski definition) is 8. The van der Waals surface area contributed by atoms with Crippen LogP contribution in [0.1, 0.15) is 69.2 Å². The van der Waals surface area contributed by atoms with Crippen LogP contribution in [0.4, 0.5) is 4.79 Å². The second-order valence-electron chi connectivity index (χ2n) is 12.5. The molecule has 13 heteroatoms. The van der Waals surface area contributed by atoms with Crippen LogP contribution < -0.4 is 22.1 Å². The van der Waals surface area contributed by atoms with E-state index < -0.39 is 35.6 Å². The Kier molecular flexibility index (Phi) is 12.4. The number of amides is 4. The van der Waals surface area contributed by atoms with Gasteiger partial charge >= 0.3 is 11.8 Å². The van der Waals surface area contributed by atoms with Gasteiger partial charge in [0.05, 0.1) is 35.9 Å². The molecule has 4 rings (SSSR count). The van der Waals surface area contributed by atoms with Crippen molar-refractivity contribution in [3.05, 3.63) is 69.6 Å². The number of nitrogens with one attached hydrogen (secondary N) is 2. The molecule has 2 aromatic carbocycles. The van der Waals surface area contributed by atoms with Gasteiger partial charge in [0.1, 0.15) is 24.9 Å². The van der Waals surface area contributed by atoms with Gasteiger partial charge in [0.25, 0.3) is 0 Å². The summed E-state index contributed by atoms with van der Waals surface area (Å²) in [5.41, 5.74) is 7.73. The van der Waals surface area contributed by atoms with E-state index in [2.05, 4.69) is 34.3 Å². The zero-order valence-electron chi connectivity index (χ0n) is 28.1. The molecule has 4 amide bonds. The highest BCUT2D eigenvalue weighted by molar-refractivity contribution is 6.00. The first kappa shape index (κ1) is 36.5. The van der Waals surface area contributed by atoms with Crippen molar-refractivity contribution < 1.29 is 33.4 Å². The number of nitrogens with two attached hydrogens (primary N) is 1. The number of imidazole rings is 1. The van der Waals surface area contributed by atoms with Crippen molar-refractivity contribution in [2.45, 2.75) is 70.7 Å². The number of carbonyl (C=O) groups is 4. The Hall–Kier alpha value is -5.37. The van der Waals surface area contributed by atoms with Crippen molar-refractivity contribution in [1.82, 2.24) is 19.8 Å². The van der Waals surface area contributed by atoms with E-state index in [1.54, 1.807) is 46.0 Å². The number of alkyl carbamates (subject to hydrolysis) is 1. The van der Waals surface area contributed by atoms with Gasteiger partial charge in [-0.15, -0.1) is 0 Å². The van der Waals surface area contributed by atoms with Gasteiger partial charge in [-0.3, -0.25) is 28.8 Å². The summed E-state index contributed by atoms with van der Waals surface area (Å²) in [4.78, 5) is 60.5. The largest absolute Gasteiger partial charge is 0.444 e. The molecule has 1 saturated heterocycles. The number of primary amides is 1. The third kappa shape index (κ3) is 10.6. The van der Waals surface area contributed by atoms with E-state index in [0.29, 0.717) is 29.6 Å². The second-order valence-corrected chi connectivity index (χ2v) is 12.5. The highest BCUT2D eigenvalue weighted by Crippen LogP contribution is 2.24. The third-order valence-corrected chi connectivity index (χ3v) is 7.43. The number of imide groups is 1. The van der Waals surface area contributed by atoms with Crippen molar-refractivity contribution in [2.24, 2.45) is 12.8 Å². The number of piperidine rings is 1. The summed E-state index contributed by atoms with van der Waals surface area (Å²) in [6, 6.07) is 11.6. The van der Waals surface area contributed by atoms with Gasteiger partial charge in [0, 0.05) is 25.5 Å². The molecule has 2 unspecified atom stereocenters. The Morgan fingerprint density at radius 2 is 1.76 bits per heavy atom. The molecule has 0 bridgehead atoms. The molecule has 1 aliphatic rings. The maximum absolute atomic E-state index is 13.1. The molecule has 2 heterocycles. The summed E-state index contributed by atoms with van der Waals surface area (Å²) < 4.78 is 19.5. The van der Waals surface area contributed by atoms with Crippen molar-refractivity contribution >= 4 is 34.8 Å². The first-order valence-corrected chi connectivity index (χ1v) is 15.9. The van der Waals surface area contributed by atoms with E-state index in [1.165, 1.54) is 9.13 Å². The Labute approximate surface area is 284 Å². The molecule has 1 fully saturated rings. The molecule has 49 heavy (non-hydrogen) atoms. The van der Waals surface area contributed by atoms with Crippen LogP contribution in [0.5, 0.6) is 0 Å². The van der Waals surface area contributed by atoms with E-state index in [0.717, 1.165) is 11.1 Å².